The van der Waals surface area contributed by atoms with Crippen LogP contribution in [0, 0.1) is 12.0 Å². The van der Waals surface area contributed by atoms with Crippen molar-refractivity contribution in [2.45, 2.75) is 0 Å². The van der Waals surface area contributed by atoms with Crippen LogP contribution in [0.1, 0.15) is 0 Å². The van der Waals surface area contributed by atoms with Gasteiger partial charge in [-0.3, -0.25) is 5.32 Å². The minimum absolute atomic E-state index is 0.0880. The average molecular weight is 112 g/mol. The van der Waals surface area contributed by atoms with E-state index in [0.717, 1.165) is 0 Å². The molecule has 0 spiro atoms. The van der Waals surface area contributed by atoms with Gasteiger partial charge in [-0.15, -0.1) is 0 Å². The van der Waals surface area contributed by atoms with Crippen molar-refractivity contribution in [3.05, 3.63) is 12.0 Å². The third-order valence-corrected chi connectivity index (χ3v) is 0.401. The lowest BCUT2D eigenvalue weighted by Gasteiger charge is -1.86. The minimum Gasteiger partial charge on any atom is -0.281 e. The standard InChI is InChI=1S/C2H3Cl2N/c1-5-2(3)4/h5H,1H2. The Morgan fingerprint density at radius 3 is 1.80 bits per heavy atom. The fraction of sp³-hybridized carbons (Fsp3) is 0. The molecule has 0 aromatic carbocycles. The van der Waals surface area contributed by atoms with Gasteiger partial charge >= 0.3 is 0 Å². The lowest BCUT2D eigenvalue weighted by molar-refractivity contribution is 1.12. The highest BCUT2D eigenvalue weighted by molar-refractivity contribution is 6.52. The molecule has 0 aliphatic rings. The van der Waals surface area contributed by atoms with Crippen LogP contribution in [0.15, 0.2) is 0 Å². The smallest absolute Gasteiger partial charge is 0.215 e. The van der Waals surface area contributed by atoms with Crippen LogP contribution < -0.4 is 5.32 Å². The number of nitrogens with one attached hydrogen (secondary N) is 1. The molecule has 0 aliphatic carbocycles. The number of hydrogen-bond donors (Lipinski definition) is 1. The molecule has 2 radical (unpaired) electrons. The fourth-order valence-electron chi connectivity index (χ4n) is 0. The fourth-order valence-corrected chi connectivity index (χ4v) is 0. The summed E-state index contributed by atoms with van der Waals surface area (Å²) in [7, 11) is 3.13. The van der Waals surface area contributed by atoms with Gasteiger partial charge in [0, 0.05) is 7.05 Å². The Morgan fingerprint density at radius 2 is 1.80 bits per heavy atom. The molecule has 0 bridgehead atoms. The molecule has 1 nitrogen and oxygen atoms in total. The zero-order valence-electron chi connectivity index (χ0n) is 2.46. The summed E-state index contributed by atoms with van der Waals surface area (Å²) in [6.45, 7) is 0. The Bertz CT molecular complexity index is 21.6. The average Bonchev–Trinajstić information content (AvgIpc) is 1.38. The van der Waals surface area contributed by atoms with Crippen molar-refractivity contribution >= 4 is 23.2 Å². The maximum Gasteiger partial charge on any atom is 0.215 e. The predicted molar refractivity (Wildman–Crippen MR) is 23.4 cm³/mol. The highest BCUT2D eigenvalue weighted by Gasteiger charge is 1.87. The lowest BCUT2D eigenvalue weighted by atomic mass is 11.2. The Morgan fingerprint density at radius 1 is 1.60 bits per heavy atom. The third kappa shape index (κ3) is 4.54. The molecule has 5 heavy (non-hydrogen) atoms. The molecule has 0 amide bonds. The van der Waals surface area contributed by atoms with E-state index in [0.29, 0.717) is 0 Å². The van der Waals surface area contributed by atoms with Crippen molar-refractivity contribution in [2.75, 3.05) is 0 Å². The summed E-state index contributed by atoms with van der Waals surface area (Å²) in [4.78, 5) is 0.0880. The van der Waals surface area contributed by atoms with E-state index in [1.807, 2.05) is 0 Å². The maximum atomic E-state index is 4.97. The Balaban J connectivity index is 2.54. The summed E-state index contributed by atoms with van der Waals surface area (Å²) < 4.78 is 0. The molecule has 0 aromatic heterocycles. The molecule has 3 heteroatoms. The van der Waals surface area contributed by atoms with Gasteiger partial charge in [-0.25, -0.2) is 0 Å². The number of hydrogen-bond acceptors (Lipinski definition) is 1. The van der Waals surface area contributed by atoms with Crippen molar-refractivity contribution in [3.63, 3.8) is 0 Å². The van der Waals surface area contributed by atoms with Crippen LogP contribution in [0.3, 0.4) is 0 Å². The minimum atomic E-state index is 0.0880. The maximum absolute atomic E-state index is 4.97. The van der Waals surface area contributed by atoms with Gasteiger partial charge in [0.25, 0.3) is 0 Å². The first-order chi connectivity index (χ1) is 2.27. The summed E-state index contributed by atoms with van der Waals surface area (Å²) in [6.07, 6.45) is 0. The van der Waals surface area contributed by atoms with Crippen LogP contribution in [-0.2, 0) is 0 Å². The lowest BCUT2D eigenvalue weighted by Crippen LogP contribution is -1.97. The van der Waals surface area contributed by atoms with Crippen molar-refractivity contribution in [2.24, 2.45) is 0 Å². The van der Waals surface area contributed by atoms with Crippen molar-refractivity contribution in [1.82, 2.24) is 5.32 Å². The van der Waals surface area contributed by atoms with Crippen molar-refractivity contribution < 1.29 is 0 Å². The zero-order valence-corrected chi connectivity index (χ0v) is 3.97. The van der Waals surface area contributed by atoms with E-state index in [2.05, 4.69) is 12.4 Å². The second-order valence-corrected chi connectivity index (χ2v) is 1.39. The van der Waals surface area contributed by atoms with Crippen LogP contribution in [0.25, 0.3) is 0 Å². The summed E-state index contributed by atoms with van der Waals surface area (Å²) in [5, 5.41) is 2.23. The van der Waals surface area contributed by atoms with Crippen LogP contribution >= 0.6 is 23.2 Å². The van der Waals surface area contributed by atoms with Gasteiger partial charge in [-0.2, -0.15) is 0 Å². The SMILES string of the molecule is [CH2]N[C](Cl)Cl. The van der Waals surface area contributed by atoms with Gasteiger partial charge < -0.3 is 0 Å². The normalized spacial score (nSPS) is 9.60. The Labute approximate surface area is 41.3 Å². The molecular weight excluding hydrogens is 109 g/mol. The van der Waals surface area contributed by atoms with Gasteiger partial charge in [0.15, 0.2) is 0 Å². The third-order valence-electron chi connectivity index (χ3n) is 0.134. The monoisotopic (exact) mass is 111 g/mol. The highest BCUT2D eigenvalue weighted by atomic mass is 35.5. The van der Waals surface area contributed by atoms with Crippen molar-refractivity contribution in [1.29, 1.82) is 0 Å². The second kappa shape index (κ2) is 2.76. The first-order valence-corrected chi connectivity index (χ1v) is 1.74. The zero-order chi connectivity index (χ0) is 4.28. The van der Waals surface area contributed by atoms with E-state index in [1.54, 1.807) is 0 Å². The van der Waals surface area contributed by atoms with E-state index in [9.17, 15) is 0 Å². The molecule has 0 fully saturated rings. The van der Waals surface area contributed by atoms with E-state index < -0.39 is 0 Å². The van der Waals surface area contributed by atoms with Gasteiger partial charge in [0.05, 0.1) is 0 Å². The van der Waals surface area contributed by atoms with Gasteiger partial charge in [-0.1, -0.05) is 23.2 Å². The second-order valence-electron chi connectivity index (χ2n) is 0.437. The van der Waals surface area contributed by atoms with Gasteiger partial charge in [0.1, 0.15) is 0 Å². The Kier molecular flexibility index (Phi) is 3.06. The first-order valence-electron chi connectivity index (χ1n) is 0.982. The molecule has 0 atom stereocenters. The topological polar surface area (TPSA) is 12.0 Å². The quantitative estimate of drug-likeness (QED) is 0.504. The van der Waals surface area contributed by atoms with Crippen molar-refractivity contribution in [3.8, 4) is 0 Å². The number of rotatable bonds is 1. The molecule has 0 rings (SSSR count). The van der Waals surface area contributed by atoms with E-state index in [1.165, 1.54) is 0 Å². The molecule has 0 saturated carbocycles. The molecular formula is C2H3Cl2N. The van der Waals surface area contributed by atoms with E-state index in [4.69, 9.17) is 23.2 Å². The molecule has 0 unspecified atom stereocenters. The molecule has 1 N–H and O–H groups in total. The molecule has 0 aliphatic heterocycles. The Hall–Kier alpha value is 0.540. The van der Waals surface area contributed by atoms with Crippen LogP contribution in [0.2, 0.25) is 0 Å². The first kappa shape index (κ1) is 5.54. The molecule has 0 saturated heterocycles. The van der Waals surface area contributed by atoms with Gasteiger partial charge in [-0.05, 0) is 0 Å². The number of halogens is 2. The summed E-state index contributed by atoms with van der Waals surface area (Å²) in [6, 6.07) is 0. The van der Waals surface area contributed by atoms with Crippen LogP contribution in [-0.4, -0.2) is 0 Å². The van der Waals surface area contributed by atoms with E-state index >= 15 is 0 Å². The summed E-state index contributed by atoms with van der Waals surface area (Å²) in [5.41, 5.74) is 0. The molecule has 0 aromatic rings. The highest BCUT2D eigenvalue weighted by Crippen LogP contribution is 2.03. The predicted octanol–water partition coefficient (Wildman–Crippen LogP) is 1.29. The summed E-state index contributed by atoms with van der Waals surface area (Å²) in [5.74, 6) is 0. The van der Waals surface area contributed by atoms with Crippen LogP contribution in [0.5, 0.6) is 0 Å². The largest absolute Gasteiger partial charge is 0.281 e. The molecule has 30 valence electrons. The van der Waals surface area contributed by atoms with E-state index in [-0.39, 0.29) is 4.96 Å². The molecule has 0 heterocycles. The summed E-state index contributed by atoms with van der Waals surface area (Å²) >= 11 is 9.94. The van der Waals surface area contributed by atoms with Crippen LogP contribution in [0.4, 0.5) is 0 Å². The van der Waals surface area contributed by atoms with Gasteiger partial charge in [0.2, 0.25) is 4.96 Å².